The number of carbonyl (C=O) groups is 2. The van der Waals surface area contributed by atoms with Crippen molar-refractivity contribution in [3.05, 3.63) is 16.1 Å². The Balaban J connectivity index is 1.81. The topological polar surface area (TPSA) is 82.5 Å². The van der Waals surface area contributed by atoms with Gasteiger partial charge in [-0.05, 0) is 18.3 Å². The summed E-state index contributed by atoms with van der Waals surface area (Å²) in [4.78, 5) is 28.4. The number of likely N-dealkylation sites (tertiary alicyclic amines) is 1. The number of thiazole rings is 1. The maximum absolute atomic E-state index is 12.0. The average Bonchev–Trinajstić information content (AvgIpc) is 2.85. The number of aromatic carboxylic acids is 1. The van der Waals surface area contributed by atoms with Crippen molar-refractivity contribution < 1.29 is 14.7 Å². The van der Waals surface area contributed by atoms with E-state index < -0.39 is 5.97 Å². The van der Waals surface area contributed by atoms with Crippen LogP contribution < -0.4 is 5.32 Å². The van der Waals surface area contributed by atoms with Crippen LogP contribution in [0.5, 0.6) is 0 Å². The second kappa shape index (κ2) is 5.78. The van der Waals surface area contributed by atoms with Gasteiger partial charge in [0, 0.05) is 18.5 Å². The fourth-order valence-electron chi connectivity index (χ4n) is 2.07. The van der Waals surface area contributed by atoms with E-state index in [1.807, 2.05) is 0 Å². The van der Waals surface area contributed by atoms with E-state index in [4.69, 9.17) is 5.11 Å². The number of aromatic nitrogens is 1. The molecule has 1 fully saturated rings. The highest BCUT2D eigenvalue weighted by atomic mass is 32.1. The molecule has 1 aliphatic heterocycles. The highest BCUT2D eigenvalue weighted by Gasteiger charge is 2.27. The summed E-state index contributed by atoms with van der Waals surface area (Å²) in [6.07, 6.45) is 2.00. The van der Waals surface area contributed by atoms with Crippen LogP contribution in [-0.4, -0.2) is 40.1 Å². The van der Waals surface area contributed by atoms with Crippen molar-refractivity contribution in [3.63, 3.8) is 0 Å². The number of carbonyl (C=O) groups excluding carboxylic acids is 1. The third-order valence-electron chi connectivity index (χ3n) is 3.57. The number of hydrogen-bond acceptors (Lipinski definition) is 4. The molecule has 2 rings (SSSR count). The van der Waals surface area contributed by atoms with Crippen molar-refractivity contribution in [2.45, 2.75) is 33.2 Å². The van der Waals surface area contributed by atoms with Crippen molar-refractivity contribution in [1.29, 1.82) is 0 Å². The average molecular weight is 297 g/mol. The molecule has 2 amide bonds. The molecule has 1 aliphatic rings. The van der Waals surface area contributed by atoms with Gasteiger partial charge in [0.1, 0.15) is 5.01 Å². The highest BCUT2D eigenvalue weighted by Crippen LogP contribution is 2.29. The van der Waals surface area contributed by atoms with Gasteiger partial charge in [0.25, 0.3) is 0 Å². The Morgan fingerprint density at radius 2 is 2.10 bits per heavy atom. The van der Waals surface area contributed by atoms with Crippen molar-refractivity contribution in [2.75, 3.05) is 13.1 Å². The Kier molecular flexibility index (Phi) is 4.27. The normalized spacial score (nSPS) is 17.8. The van der Waals surface area contributed by atoms with Crippen LogP contribution in [0.1, 0.15) is 42.2 Å². The first-order chi connectivity index (χ1) is 9.37. The van der Waals surface area contributed by atoms with Gasteiger partial charge >= 0.3 is 12.0 Å². The monoisotopic (exact) mass is 297 g/mol. The van der Waals surface area contributed by atoms with Gasteiger partial charge in [0.2, 0.25) is 0 Å². The summed E-state index contributed by atoms with van der Waals surface area (Å²) in [7, 11) is 0. The predicted octanol–water partition coefficient (Wildman–Crippen LogP) is 2.17. The molecule has 0 aromatic carbocycles. The van der Waals surface area contributed by atoms with Crippen LogP contribution >= 0.6 is 11.3 Å². The summed E-state index contributed by atoms with van der Waals surface area (Å²) in [5.41, 5.74) is 0.335. The second-order valence-electron chi connectivity index (χ2n) is 5.74. The van der Waals surface area contributed by atoms with Crippen molar-refractivity contribution in [3.8, 4) is 0 Å². The Bertz CT molecular complexity index is 503. The van der Waals surface area contributed by atoms with E-state index in [0.717, 1.165) is 25.9 Å². The quantitative estimate of drug-likeness (QED) is 0.895. The summed E-state index contributed by atoms with van der Waals surface area (Å²) in [5.74, 6) is -1.04. The third kappa shape index (κ3) is 3.69. The molecule has 2 heterocycles. The summed E-state index contributed by atoms with van der Waals surface area (Å²) in [5, 5.41) is 13.7. The minimum absolute atomic E-state index is 0.0268. The number of carboxylic acid groups (broad SMARTS) is 1. The first-order valence-corrected chi connectivity index (χ1v) is 7.46. The largest absolute Gasteiger partial charge is 0.476 e. The van der Waals surface area contributed by atoms with E-state index in [1.165, 1.54) is 16.7 Å². The maximum Gasteiger partial charge on any atom is 0.355 e. The molecular weight excluding hydrogens is 278 g/mol. The molecule has 110 valence electrons. The lowest BCUT2D eigenvalue weighted by atomic mass is 9.83. The summed E-state index contributed by atoms with van der Waals surface area (Å²) in [6.45, 7) is 6.22. The van der Waals surface area contributed by atoms with Crippen LogP contribution in [0.25, 0.3) is 0 Å². The van der Waals surface area contributed by atoms with Gasteiger partial charge in [-0.15, -0.1) is 11.3 Å². The molecule has 0 radical (unpaired) electrons. The third-order valence-corrected chi connectivity index (χ3v) is 4.41. The van der Waals surface area contributed by atoms with Gasteiger partial charge in [0.15, 0.2) is 5.69 Å². The zero-order valence-electron chi connectivity index (χ0n) is 11.7. The van der Waals surface area contributed by atoms with Crippen molar-refractivity contribution in [1.82, 2.24) is 15.2 Å². The van der Waals surface area contributed by atoms with E-state index in [0.29, 0.717) is 10.4 Å². The van der Waals surface area contributed by atoms with E-state index in [2.05, 4.69) is 24.1 Å². The molecule has 1 aromatic heterocycles. The number of hydrogen-bond donors (Lipinski definition) is 2. The summed E-state index contributed by atoms with van der Waals surface area (Å²) >= 11 is 1.24. The number of nitrogens with one attached hydrogen (secondary N) is 1. The molecule has 20 heavy (non-hydrogen) atoms. The van der Waals surface area contributed by atoms with Crippen LogP contribution in [-0.2, 0) is 6.54 Å². The number of piperidine rings is 1. The van der Waals surface area contributed by atoms with Gasteiger partial charge in [-0.1, -0.05) is 13.8 Å². The lowest BCUT2D eigenvalue weighted by molar-refractivity contribution is 0.0691. The number of urea groups is 1. The van der Waals surface area contributed by atoms with Crippen LogP contribution in [0.4, 0.5) is 4.79 Å². The smallest absolute Gasteiger partial charge is 0.355 e. The number of nitrogens with zero attached hydrogens (tertiary/aromatic N) is 2. The molecule has 6 nitrogen and oxygen atoms in total. The standard InChI is InChI=1S/C13H19N3O3S/c1-13(2)3-5-16(6-4-13)12(19)14-7-10-15-9(8-20-10)11(17)18/h8H,3-7H2,1-2H3,(H,14,19)(H,17,18). The van der Waals surface area contributed by atoms with Crippen LogP contribution in [0.3, 0.4) is 0 Å². The molecule has 0 saturated carbocycles. The first kappa shape index (κ1) is 14.8. The highest BCUT2D eigenvalue weighted by molar-refractivity contribution is 7.09. The zero-order valence-corrected chi connectivity index (χ0v) is 12.5. The zero-order chi connectivity index (χ0) is 14.8. The van der Waals surface area contributed by atoms with E-state index >= 15 is 0 Å². The van der Waals surface area contributed by atoms with E-state index in [1.54, 1.807) is 4.90 Å². The van der Waals surface area contributed by atoms with Gasteiger partial charge < -0.3 is 15.3 Å². The lowest BCUT2D eigenvalue weighted by Gasteiger charge is -2.36. The van der Waals surface area contributed by atoms with Crippen LogP contribution in [0.15, 0.2) is 5.38 Å². The first-order valence-electron chi connectivity index (χ1n) is 6.58. The number of carboxylic acids is 1. The molecule has 7 heteroatoms. The molecular formula is C13H19N3O3S. The molecule has 0 bridgehead atoms. The van der Waals surface area contributed by atoms with Crippen LogP contribution in [0.2, 0.25) is 0 Å². The Hall–Kier alpha value is -1.63. The van der Waals surface area contributed by atoms with Gasteiger partial charge in [0.05, 0.1) is 6.54 Å². The second-order valence-corrected chi connectivity index (χ2v) is 6.68. The Morgan fingerprint density at radius 1 is 1.45 bits per heavy atom. The molecule has 1 aromatic rings. The molecule has 0 aliphatic carbocycles. The van der Waals surface area contributed by atoms with Gasteiger partial charge in [-0.25, -0.2) is 14.6 Å². The molecule has 0 unspecified atom stereocenters. The maximum atomic E-state index is 12.0. The summed E-state index contributed by atoms with van der Waals surface area (Å²) in [6, 6.07) is -0.104. The minimum Gasteiger partial charge on any atom is -0.476 e. The van der Waals surface area contributed by atoms with Crippen molar-refractivity contribution >= 4 is 23.3 Å². The Labute approximate surface area is 121 Å². The van der Waals surface area contributed by atoms with Crippen molar-refractivity contribution in [2.24, 2.45) is 5.41 Å². The lowest BCUT2D eigenvalue weighted by Crippen LogP contribution is -2.45. The SMILES string of the molecule is CC1(C)CCN(C(=O)NCc2nc(C(=O)O)cs2)CC1. The molecule has 2 N–H and O–H groups in total. The fourth-order valence-corrected chi connectivity index (χ4v) is 2.78. The molecule has 0 atom stereocenters. The molecule has 0 spiro atoms. The molecule has 1 saturated heterocycles. The predicted molar refractivity (Wildman–Crippen MR) is 75.9 cm³/mol. The number of amides is 2. The minimum atomic E-state index is -1.04. The number of rotatable bonds is 3. The Morgan fingerprint density at radius 3 is 2.65 bits per heavy atom. The van der Waals surface area contributed by atoms with E-state index in [-0.39, 0.29) is 18.3 Å². The van der Waals surface area contributed by atoms with Crippen LogP contribution in [0, 0.1) is 5.41 Å². The van der Waals surface area contributed by atoms with Gasteiger partial charge in [-0.2, -0.15) is 0 Å². The van der Waals surface area contributed by atoms with E-state index in [9.17, 15) is 9.59 Å². The summed E-state index contributed by atoms with van der Waals surface area (Å²) < 4.78 is 0. The van der Waals surface area contributed by atoms with Gasteiger partial charge in [-0.3, -0.25) is 0 Å². The fraction of sp³-hybridized carbons (Fsp3) is 0.615.